The first-order valence-corrected chi connectivity index (χ1v) is 9.99. The molecule has 1 saturated heterocycles. The Balaban J connectivity index is 2.26. The van der Waals surface area contributed by atoms with E-state index in [9.17, 15) is 4.79 Å². The number of allylic oxidation sites excluding steroid dienone is 1. The van der Waals surface area contributed by atoms with Crippen LogP contribution in [0, 0.1) is 17.8 Å². The Kier molecular flexibility index (Phi) is 6.86. The SMILES string of the molecule is C=C(CCC1OC(N2C=CC(N)=NC2=C)[C@](C)(F)[C@@H]1CC(=O)C(C)C)C(C)C. The van der Waals surface area contributed by atoms with Gasteiger partial charge in [-0.3, -0.25) is 4.79 Å². The summed E-state index contributed by atoms with van der Waals surface area (Å²) in [6.45, 7) is 17.4. The molecule has 28 heavy (non-hydrogen) atoms. The predicted molar refractivity (Wildman–Crippen MR) is 111 cm³/mol. The molecule has 2 unspecified atom stereocenters. The van der Waals surface area contributed by atoms with Crippen LogP contribution in [-0.4, -0.2) is 34.5 Å². The molecule has 0 bridgehead atoms. The molecule has 0 amide bonds. The summed E-state index contributed by atoms with van der Waals surface area (Å²) in [5, 5.41) is 0. The van der Waals surface area contributed by atoms with Crippen LogP contribution in [0.1, 0.15) is 53.9 Å². The van der Waals surface area contributed by atoms with Gasteiger partial charge >= 0.3 is 0 Å². The van der Waals surface area contributed by atoms with Crippen LogP contribution in [0.2, 0.25) is 0 Å². The number of hydrogen-bond acceptors (Lipinski definition) is 5. The Morgan fingerprint density at radius 2 is 2.04 bits per heavy atom. The average Bonchev–Trinajstić information content (AvgIpc) is 2.83. The fraction of sp³-hybridized carbons (Fsp3) is 0.636. The highest BCUT2D eigenvalue weighted by Crippen LogP contribution is 2.46. The minimum absolute atomic E-state index is 0.0427. The first-order valence-electron chi connectivity index (χ1n) is 9.99. The molecule has 0 radical (unpaired) electrons. The van der Waals surface area contributed by atoms with Gasteiger partial charge in [0.05, 0.1) is 6.10 Å². The third-order valence-corrected chi connectivity index (χ3v) is 5.81. The fourth-order valence-corrected chi connectivity index (χ4v) is 3.65. The second kappa shape index (κ2) is 8.60. The minimum Gasteiger partial charge on any atom is -0.384 e. The predicted octanol–water partition coefficient (Wildman–Crippen LogP) is 4.32. The number of nitrogens with zero attached hydrogens (tertiary/aromatic N) is 2. The molecule has 1 fully saturated rings. The maximum atomic E-state index is 16.1. The molecular weight excluding hydrogens is 357 g/mol. The molecule has 2 N–H and O–H groups in total. The summed E-state index contributed by atoms with van der Waals surface area (Å²) >= 11 is 0. The Morgan fingerprint density at radius 3 is 2.57 bits per heavy atom. The van der Waals surface area contributed by atoms with Crippen molar-refractivity contribution in [3.63, 3.8) is 0 Å². The average molecular weight is 392 g/mol. The Hall–Kier alpha value is -1.95. The zero-order chi connectivity index (χ0) is 21.2. The van der Waals surface area contributed by atoms with Crippen molar-refractivity contribution in [3.05, 3.63) is 36.8 Å². The van der Waals surface area contributed by atoms with Gasteiger partial charge in [-0.2, -0.15) is 0 Å². The Morgan fingerprint density at radius 1 is 1.39 bits per heavy atom. The molecule has 6 heteroatoms. The number of hydrogen-bond donors (Lipinski definition) is 1. The quantitative estimate of drug-likeness (QED) is 0.626. The Bertz CT molecular complexity index is 694. The maximum Gasteiger partial charge on any atom is 0.169 e. The van der Waals surface area contributed by atoms with Gasteiger partial charge in [0.2, 0.25) is 0 Å². The molecule has 0 saturated carbocycles. The molecule has 2 aliphatic rings. The van der Waals surface area contributed by atoms with Crippen LogP contribution in [0.5, 0.6) is 0 Å². The number of carbonyl (C=O) groups excluding carboxylic acids is 1. The summed E-state index contributed by atoms with van der Waals surface area (Å²) in [5.74, 6) is 0.353. The molecule has 5 nitrogen and oxygen atoms in total. The van der Waals surface area contributed by atoms with Crippen LogP contribution >= 0.6 is 0 Å². The number of alkyl halides is 1. The number of carbonyl (C=O) groups is 1. The van der Waals surface area contributed by atoms with Gasteiger partial charge in [0.1, 0.15) is 17.4 Å². The molecular formula is C22H34FN3O2. The maximum absolute atomic E-state index is 16.1. The van der Waals surface area contributed by atoms with Crippen molar-refractivity contribution in [1.82, 2.24) is 4.90 Å². The first kappa shape index (κ1) is 22.3. The van der Waals surface area contributed by atoms with Crippen LogP contribution in [0.4, 0.5) is 4.39 Å². The molecule has 2 rings (SSSR count). The number of ether oxygens (including phenoxy) is 1. The van der Waals surface area contributed by atoms with Crippen LogP contribution in [0.15, 0.2) is 41.8 Å². The first-order chi connectivity index (χ1) is 12.9. The van der Waals surface area contributed by atoms with E-state index in [1.165, 1.54) is 6.92 Å². The van der Waals surface area contributed by atoms with Gasteiger partial charge in [0.15, 0.2) is 11.9 Å². The third kappa shape index (κ3) is 4.72. The van der Waals surface area contributed by atoms with E-state index in [-0.39, 0.29) is 24.2 Å². The smallest absolute Gasteiger partial charge is 0.169 e. The second-order valence-corrected chi connectivity index (χ2v) is 8.64. The van der Waals surface area contributed by atoms with E-state index in [1.54, 1.807) is 17.2 Å². The van der Waals surface area contributed by atoms with E-state index in [2.05, 4.69) is 32.0 Å². The summed E-state index contributed by atoms with van der Waals surface area (Å²) in [5.41, 5.74) is 5.06. The van der Waals surface area contributed by atoms with E-state index in [0.29, 0.717) is 24.0 Å². The summed E-state index contributed by atoms with van der Waals surface area (Å²) in [7, 11) is 0. The molecule has 0 aromatic heterocycles. The lowest BCUT2D eigenvalue weighted by Gasteiger charge is -2.35. The Labute approximate surface area is 168 Å². The lowest BCUT2D eigenvalue weighted by molar-refractivity contribution is -0.124. The van der Waals surface area contributed by atoms with Crippen molar-refractivity contribution in [1.29, 1.82) is 0 Å². The van der Waals surface area contributed by atoms with Gasteiger partial charge in [-0.15, -0.1) is 0 Å². The van der Waals surface area contributed by atoms with Gasteiger partial charge in [-0.1, -0.05) is 46.4 Å². The molecule has 0 spiro atoms. The molecule has 2 heterocycles. The largest absolute Gasteiger partial charge is 0.384 e. The minimum atomic E-state index is -1.75. The van der Waals surface area contributed by atoms with Crippen molar-refractivity contribution in [2.75, 3.05) is 0 Å². The number of aliphatic imine (C=N–C) groups is 1. The molecule has 4 atom stereocenters. The summed E-state index contributed by atoms with van der Waals surface area (Å²) < 4.78 is 22.2. The van der Waals surface area contributed by atoms with Crippen molar-refractivity contribution in [2.45, 2.75) is 71.9 Å². The van der Waals surface area contributed by atoms with Gasteiger partial charge in [0, 0.05) is 24.5 Å². The molecule has 2 aliphatic heterocycles. The number of halogens is 1. The fourth-order valence-electron chi connectivity index (χ4n) is 3.65. The van der Waals surface area contributed by atoms with Crippen molar-refractivity contribution < 1.29 is 13.9 Å². The van der Waals surface area contributed by atoms with E-state index < -0.39 is 17.8 Å². The van der Waals surface area contributed by atoms with Gasteiger partial charge < -0.3 is 15.4 Å². The van der Waals surface area contributed by atoms with Crippen LogP contribution in [0.3, 0.4) is 0 Å². The van der Waals surface area contributed by atoms with Crippen molar-refractivity contribution >= 4 is 11.6 Å². The normalized spacial score (nSPS) is 30.3. The van der Waals surface area contributed by atoms with E-state index in [0.717, 1.165) is 12.0 Å². The standard InChI is InChI=1S/C22H34FN3O2/c1-13(2)15(5)8-9-19-17(12-18(27)14(3)4)22(7,23)21(28-19)26-11-10-20(24)25-16(26)6/h10-11,13-14,17,19,21H,5-6,8-9,12H2,1-4,7H3,(H2,24,25)/t17-,19?,21?,22-/m1/s1. The molecule has 0 aliphatic carbocycles. The lowest BCUT2D eigenvalue weighted by atomic mass is 9.80. The van der Waals surface area contributed by atoms with E-state index in [1.807, 2.05) is 13.8 Å². The zero-order valence-corrected chi connectivity index (χ0v) is 17.7. The summed E-state index contributed by atoms with van der Waals surface area (Å²) in [6.07, 6.45) is 3.45. The highest BCUT2D eigenvalue weighted by molar-refractivity contribution is 5.92. The van der Waals surface area contributed by atoms with Crippen LogP contribution in [-0.2, 0) is 9.53 Å². The van der Waals surface area contributed by atoms with Gasteiger partial charge in [0.25, 0.3) is 0 Å². The van der Waals surface area contributed by atoms with E-state index in [4.69, 9.17) is 10.5 Å². The monoisotopic (exact) mass is 391 g/mol. The van der Waals surface area contributed by atoms with Crippen molar-refractivity contribution in [2.24, 2.45) is 28.5 Å². The van der Waals surface area contributed by atoms with Crippen molar-refractivity contribution in [3.8, 4) is 0 Å². The highest BCUT2D eigenvalue weighted by Gasteiger charge is 2.56. The second-order valence-electron chi connectivity index (χ2n) is 8.64. The number of Topliss-reactive ketones (excluding diaryl/α,β-unsaturated/α-hetero) is 1. The van der Waals surface area contributed by atoms with Crippen LogP contribution in [0.25, 0.3) is 0 Å². The number of ketones is 1. The zero-order valence-electron chi connectivity index (χ0n) is 17.7. The molecule has 0 aromatic rings. The summed E-state index contributed by atoms with van der Waals surface area (Å²) in [4.78, 5) is 18.1. The number of amidine groups is 1. The third-order valence-electron chi connectivity index (χ3n) is 5.81. The topological polar surface area (TPSA) is 67.9 Å². The number of nitrogens with two attached hydrogens (primary N) is 1. The summed E-state index contributed by atoms with van der Waals surface area (Å²) in [6, 6.07) is 0. The highest BCUT2D eigenvalue weighted by atomic mass is 19.1. The van der Waals surface area contributed by atoms with Crippen LogP contribution < -0.4 is 5.73 Å². The molecule has 0 aromatic carbocycles. The lowest BCUT2D eigenvalue weighted by Crippen LogP contribution is -2.47. The van der Waals surface area contributed by atoms with E-state index >= 15 is 4.39 Å². The number of rotatable bonds is 8. The molecule has 156 valence electrons. The van der Waals surface area contributed by atoms with Gasteiger partial charge in [-0.05, 0) is 31.8 Å². The van der Waals surface area contributed by atoms with Gasteiger partial charge in [-0.25, -0.2) is 9.38 Å².